The van der Waals surface area contributed by atoms with Crippen molar-refractivity contribution in [1.82, 2.24) is 14.7 Å². The molecule has 134 valence electrons. The molecule has 2 aliphatic rings. The van der Waals surface area contributed by atoms with E-state index in [1.54, 1.807) is 22.7 Å². The smallest absolute Gasteiger partial charge is 0.356 e. The number of carboxylic acids is 1. The maximum atomic E-state index is 13.9. The van der Waals surface area contributed by atoms with Crippen LogP contribution in [0, 0.1) is 5.92 Å². The van der Waals surface area contributed by atoms with Gasteiger partial charge in [0.05, 0.1) is 12.6 Å². The Balaban J connectivity index is 1.76. The molecule has 0 bridgehead atoms. The number of nitrogens with zero attached hydrogens (tertiary/aromatic N) is 3. The molecule has 0 aromatic carbocycles. The van der Waals surface area contributed by atoms with Crippen molar-refractivity contribution in [3.05, 3.63) is 17.5 Å². The lowest BCUT2D eigenvalue weighted by atomic mass is 9.94. The number of alkyl halides is 2. The summed E-state index contributed by atoms with van der Waals surface area (Å²) in [6.45, 7) is 3.20. The SMILES string of the molecule is CC1CCN(Cc2cn(C3CCOCC3)nc2C(=O)O)CC1(F)F. The van der Waals surface area contributed by atoms with Gasteiger partial charge < -0.3 is 9.84 Å². The number of rotatable bonds is 4. The molecule has 6 nitrogen and oxygen atoms in total. The third kappa shape index (κ3) is 3.59. The van der Waals surface area contributed by atoms with E-state index in [1.165, 1.54) is 0 Å². The van der Waals surface area contributed by atoms with E-state index in [-0.39, 0.29) is 24.8 Å². The number of aromatic nitrogens is 2. The highest BCUT2D eigenvalue weighted by atomic mass is 19.3. The first-order chi connectivity index (χ1) is 11.4. The number of likely N-dealkylation sites (tertiary alicyclic amines) is 1. The van der Waals surface area contributed by atoms with E-state index < -0.39 is 17.8 Å². The van der Waals surface area contributed by atoms with E-state index in [9.17, 15) is 18.7 Å². The van der Waals surface area contributed by atoms with Crippen LogP contribution in [0.4, 0.5) is 8.78 Å². The number of carbonyl (C=O) groups is 1. The molecule has 3 rings (SSSR count). The number of hydrogen-bond acceptors (Lipinski definition) is 4. The monoisotopic (exact) mass is 343 g/mol. The topological polar surface area (TPSA) is 67.6 Å². The summed E-state index contributed by atoms with van der Waals surface area (Å²) in [7, 11) is 0. The van der Waals surface area contributed by atoms with Crippen LogP contribution in [0.15, 0.2) is 6.20 Å². The van der Waals surface area contributed by atoms with Gasteiger partial charge in [-0.1, -0.05) is 6.92 Å². The van der Waals surface area contributed by atoms with E-state index in [0.29, 0.717) is 31.7 Å². The lowest BCUT2D eigenvalue weighted by Gasteiger charge is -2.36. The third-order valence-electron chi connectivity index (χ3n) is 5.00. The number of ether oxygens (including phenoxy) is 1. The van der Waals surface area contributed by atoms with Gasteiger partial charge in [0.15, 0.2) is 5.69 Å². The Morgan fingerprint density at radius 3 is 2.75 bits per heavy atom. The minimum absolute atomic E-state index is 0.0385. The Hall–Kier alpha value is -1.54. The normalized spacial score (nSPS) is 25.7. The standard InChI is InChI=1S/C16H23F2N3O3/c1-11-2-5-20(10-16(11,17)18)8-12-9-21(19-14(12)15(22)23)13-3-6-24-7-4-13/h9,11,13H,2-8,10H2,1H3,(H,22,23). The van der Waals surface area contributed by atoms with Gasteiger partial charge in [0.1, 0.15) is 0 Å². The lowest BCUT2D eigenvalue weighted by Crippen LogP contribution is -2.47. The number of piperidine rings is 1. The second kappa shape index (κ2) is 6.76. The predicted octanol–water partition coefficient (Wildman–Crippen LogP) is 2.41. The molecule has 3 heterocycles. The maximum Gasteiger partial charge on any atom is 0.356 e. The van der Waals surface area contributed by atoms with Gasteiger partial charge in [-0.2, -0.15) is 5.10 Å². The van der Waals surface area contributed by atoms with Crippen LogP contribution in [-0.2, 0) is 11.3 Å². The average Bonchev–Trinajstić information content (AvgIpc) is 2.96. The molecule has 24 heavy (non-hydrogen) atoms. The zero-order valence-corrected chi connectivity index (χ0v) is 13.8. The van der Waals surface area contributed by atoms with Gasteiger partial charge in [0, 0.05) is 37.4 Å². The molecule has 0 spiro atoms. The van der Waals surface area contributed by atoms with Gasteiger partial charge >= 0.3 is 5.97 Å². The van der Waals surface area contributed by atoms with Gasteiger partial charge in [0.2, 0.25) is 0 Å². The number of carboxylic acid groups (broad SMARTS) is 1. The van der Waals surface area contributed by atoms with Gasteiger partial charge in [-0.3, -0.25) is 9.58 Å². The van der Waals surface area contributed by atoms with Crippen LogP contribution < -0.4 is 0 Å². The summed E-state index contributed by atoms with van der Waals surface area (Å²) in [5, 5.41) is 13.6. The third-order valence-corrected chi connectivity index (χ3v) is 5.00. The summed E-state index contributed by atoms with van der Waals surface area (Å²) in [6, 6.07) is 0.105. The van der Waals surface area contributed by atoms with Crippen LogP contribution in [0.25, 0.3) is 0 Å². The van der Waals surface area contributed by atoms with Crippen molar-refractivity contribution in [2.24, 2.45) is 5.92 Å². The molecule has 0 amide bonds. The van der Waals surface area contributed by atoms with E-state index in [1.807, 2.05) is 0 Å². The molecule has 0 saturated carbocycles. The molecule has 2 fully saturated rings. The second-order valence-electron chi connectivity index (χ2n) is 6.79. The lowest BCUT2D eigenvalue weighted by molar-refractivity contribution is -0.106. The zero-order valence-electron chi connectivity index (χ0n) is 13.8. The van der Waals surface area contributed by atoms with Crippen molar-refractivity contribution < 1.29 is 23.4 Å². The van der Waals surface area contributed by atoms with Gasteiger partial charge in [-0.05, 0) is 25.8 Å². The molecule has 8 heteroatoms. The van der Waals surface area contributed by atoms with E-state index >= 15 is 0 Å². The van der Waals surface area contributed by atoms with Crippen molar-refractivity contribution in [3.63, 3.8) is 0 Å². The fourth-order valence-corrected chi connectivity index (χ4v) is 3.36. The fraction of sp³-hybridized carbons (Fsp3) is 0.750. The van der Waals surface area contributed by atoms with Crippen molar-refractivity contribution in [2.75, 3.05) is 26.3 Å². The highest BCUT2D eigenvalue weighted by Crippen LogP contribution is 2.33. The van der Waals surface area contributed by atoms with Gasteiger partial charge in [-0.15, -0.1) is 0 Å². The molecule has 1 aromatic heterocycles. The zero-order chi connectivity index (χ0) is 17.3. The molecule has 1 aromatic rings. The molecule has 2 aliphatic heterocycles. The van der Waals surface area contributed by atoms with Crippen molar-refractivity contribution in [3.8, 4) is 0 Å². The Labute approximate surface area is 139 Å². The highest BCUT2D eigenvalue weighted by Gasteiger charge is 2.42. The van der Waals surface area contributed by atoms with Crippen molar-refractivity contribution >= 4 is 5.97 Å². The first-order valence-electron chi connectivity index (χ1n) is 8.36. The van der Waals surface area contributed by atoms with Crippen LogP contribution >= 0.6 is 0 Å². The summed E-state index contributed by atoms with van der Waals surface area (Å²) >= 11 is 0. The summed E-state index contributed by atoms with van der Waals surface area (Å²) in [6.07, 6.45) is 3.66. The number of hydrogen-bond donors (Lipinski definition) is 1. The van der Waals surface area contributed by atoms with E-state index in [4.69, 9.17) is 4.74 Å². The number of aromatic carboxylic acids is 1. The largest absolute Gasteiger partial charge is 0.476 e. The van der Waals surface area contributed by atoms with Crippen LogP contribution in [-0.4, -0.2) is 58.0 Å². The molecule has 1 atom stereocenters. The molecular formula is C16H23F2N3O3. The second-order valence-corrected chi connectivity index (χ2v) is 6.79. The minimum Gasteiger partial charge on any atom is -0.476 e. The Morgan fingerprint density at radius 2 is 2.12 bits per heavy atom. The Bertz CT molecular complexity index is 599. The van der Waals surface area contributed by atoms with Crippen LogP contribution in [0.1, 0.15) is 48.3 Å². The molecule has 1 N–H and O–H groups in total. The molecular weight excluding hydrogens is 320 g/mol. The maximum absolute atomic E-state index is 13.9. The Kier molecular flexibility index (Phi) is 4.87. The summed E-state index contributed by atoms with van der Waals surface area (Å²) in [4.78, 5) is 13.1. The first kappa shape index (κ1) is 17.3. The van der Waals surface area contributed by atoms with Crippen LogP contribution in [0.2, 0.25) is 0 Å². The quantitative estimate of drug-likeness (QED) is 0.909. The highest BCUT2D eigenvalue weighted by molar-refractivity contribution is 5.86. The van der Waals surface area contributed by atoms with Gasteiger partial charge in [-0.25, -0.2) is 13.6 Å². The van der Waals surface area contributed by atoms with Crippen molar-refractivity contribution in [1.29, 1.82) is 0 Å². The average molecular weight is 343 g/mol. The van der Waals surface area contributed by atoms with E-state index in [2.05, 4.69) is 5.10 Å². The summed E-state index contributed by atoms with van der Waals surface area (Å²) < 4.78 is 34.8. The molecule has 1 unspecified atom stereocenters. The van der Waals surface area contributed by atoms with Crippen LogP contribution in [0.3, 0.4) is 0 Å². The summed E-state index contributed by atoms with van der Waals surface area (Å²) in [5.41, 5.74) is 0.461. The van der Waals surface area contributed by atoms with Crippen molar-refractivity contribution in [2.45, 2.75) is 44.7 Å². The summed E-state index contributed by atoms with van der Waals surface area (Å²) in [5.74, 6) is -4.50. The number of halogens is 2. The van der Waals surface area contributed by atoms with Gasteiger partial charge in [0.25, 0.3) is 5.92 Å². The molecule has 2 saturated heterocycles. The predicted molar refractivity (Wildman–Crippen MR) is 82.3 cm³/mol. The first-order valence-corrected chi connectivity index (χ1v) is 8.36. The Morgan fingerprint density at radius 1 is 1.42 bits per heavy atom. The van der Waals surface area contributed by atoms with Crippen LogP contribution in [0.5, 0.6) is 0 Å². The molecule has 0 radical (unpaired) electrons. The van der Waals surface area contributed by atoms with E-state index in [0.717, 1.165) is 12.8 Å². The molecule has 0 aliphatic carbocycles. The fourth-order valence-electron chi connectivity index (χ4n) is 3.36. The minimum atomic E-state index is -2.74.